The van der Waals surface area contributed by atoms with Crippen molar-refractivity contribution in [3.8, 4) is 0 Å². The Bertz CT molecular complexity index is 1210. The van der Waals surface area contributed by atoms with Crippen molar-refractivity contribution in [3.05, 3.63) is 50.0 Å². The maximum absolute atomic E-state index is 12.6. The number of alkyl halides is 3. The minimum Gasteiger partial charge on any atom is -0.315 e. The second-order valence-corrected chi connectivity index (χ2v) is 6.26. The van der Waals surface area contributed by atoms with Gasteiger partial charge >= 0.3 is 11.9 Å². The number of amides is 1. The van der Waals surface area contributed by atoms with Crippen LogP contribution in [-0.2, 0) is 31.6 Å². The average Bonchev–Trinajstić information content (AvgIpc) is 3.02. The van der Waals surface area contributed by atoms with Gasteiger partial charge in [0.05, 0.1) is 16.9 Å². The van der Waals surface area contributed by atoms with E-state index in [1.165, 1.54) is 25.0 Å². The number of imidazole rings is 1. The Hall–Kier alpha value is -3.15. The molecule has 0 unspecified atom stereocenters. The molecule has 3 rings (SSSR count). The SMILES string of the molecule is Cn1c(=O)c2c(ncn2CC(=O)Nc2ncc(C(F)(F)F)cc2Cl)n(C)c1=O. The first-order valence-electron chi connectivity index (χ1n) is 7.64. The van der Waals surface area contributed by atoms with Crippen LogP contribution in [0.3, 0.4) is 0 Å². The van der Waals surface area contributed by atoms with Crippen molar-refractivity contribution in [1.82, 2.24) is 23.7 Å². The van der Waals surface area contributed by atoms with E-state index in [2.05, 4.69) is 15.3 Å². The fourth-order valence-corrected chi connectivity index (χ4v) is 2.74. The highest BCUT2D eigenvalue weighted by atomic mass is 35.5. The van der Waals surface area contributed by atoms with Gasteiger partial charge in [-0.1, -0.05) is 11.6 Å². The summed E-state index contributed by atoms with van der Waals surface area (Å²) in [6.07, 6.45) is -2.88. The highest BCUT2D eigenvalue weighted by Crippen LogP contribution is 2.32. The number of nitrogens with one attached hydrogen (secondary N) is 1. The van der Waals surface area contributed by atoms with E-state index < -0.39 is 40.5 Å². The zero-order chi connectivity index (χ0) is 20.8. The third kappa shape index (κ3) is 3.38. The van der Waals surface area contributed by atoms with Gasteiger partial charge in [-0.2, -0.15) is 13.2 Å². The Kier molecular flexibility index (Phi) is 4.75. The summed E-state index contributed by atoms with van der Waals surface area (Å²) >= 11 is 5.75. The standard InChI is InChI=1S/C15H12ClF3N6O3/c1-23-12-10(13(27)24(2)14(23)28)25(6-21-12)5-9(26)22-11-8(16)3-7(4-20-11)15(17,18)19/h3-4,6H,5H2,1-2H3,(H,20,22,26). The number of aromatic nitrogens is 5. The summed E-state index contributed by atoms with van der Waals surface area (Å²) in [5, 5.41) is 1.88. The number of hydrogen-bond acceptors (Lipinski definition) is 5. The van der Waals surface area contributed by atoms with Gasteiger partial charge in [0.1, 0.15) is 6.54 Å². The maximum Gasteiger partial charge on any atom is 0.417 e. The van der Waals surface area contributed by atoms with E-state index in [1.54, 1.807) is 0 Å². The van der Waals surface area contributed by atoms with Gasteiger partial charge in [0.25, 0.3) is 5.56 Å². The first-order valence-corrected chi connectivity index (χ1v) is 8.02. The lowest BCUT2D eigenvalue weighted by Crippen LogP contribution is -2.37. The second kappa shape index (κ2) is 6.78. The lowest BCUT2D eigenvalue weighted by atomic mass is 10.3. The molecule has 0 fully saturated rings. The van der Waals surface area contributed by atoms with E-state index in [9.17, 15) is 27.6 Å². The smallest absolute Gasteiger partial charge is 0.315 e. The Morgan fingerprint density at radius 2 is 1.89 bits per heavy atom. The van der Waals surface area contributed by atoms with Gasteiger partial charge in [0, 0.05) is 20.3 Å². The monoisotopic (exact) mass is 416 g/mol. The molecule has 9 nitrogen and oxygen atoms in total. The van der Waals surface area contributed by atoms with Gasteiger partial charge in [-0.25, -0.2) is 14.8 Å². The van der Waals surface area contributed by atoms with Crippen LogP contribution in [0.25, 0.3) is 11.2 Å². The van der Waals surface area contributed by atoms with E-state index in [0.717, 1.165) is 9.13 Å². The quantitative estimate of drug-likeness (QED) is 0.689. The van der Waals surface area contributed by atoms with Crippen LogP contribution in [-0.4, -0.2) is 29.6 Å². The summed E-state index contributed by atoms with van der Waals surface area (Å²) < 4.78 is 41.2. The van der Waals surface area contributed by atoms with Gasteiger partial charge in [-0.3, -0.25) is 18.7 Å². The summed E-state index contributed by atoms with van der Waals surface area (Å²) in [5.74, 6) is -0.964. The van der Waals surface area contributed by atoms with Crippen molar-refractivity contribution in [1.29, 1.82) is 0 Å². The van der Waals surface area contributed by atoms with Crippen LogP contribution in [0.4, 0.5) is 19.0 Å². The van der Waals surface area contributed by atoms with E-state index in [1.807, 2.05) is 0 Å². The molecule has 1 amide bonds. The second-order valence-electron chi connectivity index (χ2n) is 5.85. The van der Waals surface area contributed by atoms with Crippen molar-refractivity contribution in [2.45, 2.75) is 12.7 Å². The van der Waals surface area contributed by atoms with Crippen molar-refractivity contribution < 1.29 is 18.0 Å². The van der Waals surface area contributed by atoms with Crippen molar-refractivity contribution in [2.24, 2.45) is 14.1 Å². The Balaban J connectivity index is 1.89. The number of nitrogens with zero attached hydrogens (tertiary/aromatic N) is 5. The van der Waals surface area contributed by atoms with Gasteiger partial charge in [-0.15, -0.1) is 0 Å². The molecule has 0 aromatic carbocycles. The lowest BCUT2D eigenvalue weighted by Gasteiger charge is -2.10. The largest absolute Gasteiger partial charge is 0.417 e. The van der Waals surface area contributed by atoms with Crippen LogP contribution in [0.15, 0.2) is 28.2 Å². The predicted octanol–water partition coefficient (Wildman–Crippen LogP) is 1.14. The number of halogens is 4. The number of anilines is 1. The first kappa shape index (κ1) is 19.6. The van der Waals surface area contributed by atoms with E-state index in [-0.39, 0.29) is 17.0 Å². The molecule has 3 aromatic rings. The molecule has 148 valence electrons. The molecule has 0 atom stereocenters. The van der Waals surface area contributed by atoms with Crippen LogP contribution in [0, 0.1) is 0 Å². The summed E-state index contributed by atoms with van der Waals surface area (Å²) in [7, 11) is 2.71. The molecule has 28 heavy (non-hydrogen) atoms. The molecular formula is C15H12ClF3N6O3. The zero-order valence-corrected chi connectivity index (χ0v) is 15.2. The molecule has 1 N–H and O–H groups in total. The molecule has 0 bridgehead atoms. The Labute approximate surface area is 159 Å². The predicted molar refractivity (Wildman–Crippen MR) is 93.1 cm³/mol. The average molecular weight is 417 g/mol. The topological polar surface area (TPSA) is 104 Å². The summed E-state index contributed by atoms with van der Waals surface area (Å²) in [4.78, 5) is 44.0. The van der Waals surface area contributed by atoms with Crippen LogP contribution >= 0.6 is 11.6 Å². The van der Waals surface area contributed by atoms with Crippen molar-refractivity contribution >= 4 is 34.5 Å². The van der Waals surface area contributed by atoms with Crippen LogP contribution in [0.2, 0.25) is 5.02 Å². The van der Waals surface area contributed by atoms with Crippen LogP contribution in [0.5, 0.6) is 0 Å². The number of pyridine rings is 1. The normalized spacial score (nSPS) is 11.8. The Morgan fingerprint density at radius 1 is 1.21 bits per heavy atom. The number of carbonyl (C=O) groups is 1. The third-order valence-corrected chi connectivity index (χ3v) is 4.25. The van der Waals surface area contributed by atoms with Crippen molar-refractivity contribution in [2.75, 3.05) is 5.32 Å². The number of hydrogen-bond donors (Lipinski definition) is 1. The van der Waals surface area contributed by atoms with Crippen molar-refractivity contribution in [3.63, 3.8) is 0 Å². The third-order valence-electron chi connectivity index (χ3n) is 3.96. The molecule has 3 aromatic heterocycles. The molecule has 0 spiro atoms. The molecule has 0 saturated heterocycles. The molecule has 0 aliphatic heterocycles. The molecule has 0 radical (unpaired) electrons. The fraction of sp³-hybridized carbons (Fsp3) is 0.267. The van der Waals surface area contributed by atoms with Crippen LogP contribution in [0.1, 0.15) is 5.56 Å². The molecule has 3 heterocycles. The van der Waals surface area contributed by atoms with E-state index in [0.29, 0.717) is 12.3 Å². The van der Waals surface area contributed by atoms with Gasteiger partial charge in [-0.05, 0) is 6.07 Å². The zero-order valence-electron chi connectivity index (χ0n) is 14.4. The molecule has 0 aliphatic carbocycles. The highest BCUT2D eigenvalue weighted by molar-refractivity contribution is 6.33. The first-order chi connectivity index (χ1) is 13.0. The molecule has 13 heteroatoms. The van der Waals surface area contributed by atoms with Crippen LogP contribution < -0.4 is 16.6 Å². The number of rotatable bonds is 3. The van der Waals surface area contributed by atoms with Gasteiger partial charge in [0.15, 0.2) is 17.0 Å². The fourth-order valence-electron chi connectivity index (χ4n) is 2.53. The Morgan fingerprint density at radius 3 is 2.50 bits per heavy atom. The lowest BCUT2D eigenvalue weighted by molar-refractivity contribution is -0.137. The molecular weight excluding hydrogens is 405 g/mol. The summed E-state index contributed by atoms with van der Waals surface area (Å²) in [6, 6.07) is 0.641. The van der Waals surface area contributed by atoms with E-state index in [4.69, 9.17) is 11.6 Å². The van der Waals surface area contributed by atoms with E-state index >= 15 is 0 Å². The minimum atomic E-state index is -4.62. The summed E-state index contributed by atoms with van der Waals surface area (Å²) in [5.41, 5.74) is -2.17. The molecule has 0 saturated carbocycles. The molecule has 0 aliphatic rings. The summed E-state index contributed by atoms with van der Waals surface area (Å²) in [6.45, 7) is -0.400. The number of aryl methyl sites for hydroxylation is 1. The number of fused-ring (bicyclic) bond motifs is 1. The maximum atomic E-state index is 12.6. The number of carbonyl (C=O) groups excluding carboxylic acids is 1. The minimum absolute atomic E-state index is 0.0197. The van der Waals surface area contributed by atoms with Gasteiger partial charge < -0.3 is 9.88 Å². The highest BCUT2D eigenvalue weighted by Gasteiger charge is 2.31. The van der Waals surface area contributed by atoms with Gasteiger partial charge in [0.2, 0.25) is 5.91 Å².